The molecule has 4 heteroatoms. The number of rotatable bonds is 2. The second-order valence-corrected chi connectivity index (χ2v) is 3.77. The predicted molar refractivity (Wildman–Crippen MR) is 59.8 cm³/mol. The molecule has 0 aliphatic carbocycles. The molecule has 2 N–H and O–H groups in total. The summed E-state index contributed by atoms with van der Waals surface area (Å²) >= 11 is 0. The van der Waals surface area contributed by atoms with Crippen LogP contribution in [0.1, 0.15) is 0 Å². The Bertz CT molecular complexity index is 473. The Morgan fingerprint density at radius 2 is 2.13 bits per heavy atom. The van der Waals surface area contributed by atoms with E-state index in [1.54, 1.807) is 6.20 Å². The van der Waals surface area contributed by atoms with Crippen LogP contribution in [-0.4, -0.2) is 29.3 Å². The number of benzene rings is 1. The fourth-order valence-electron chi connectivity index (χ4n) is 1.73. The van der Waals surface area contributed by atoms with E-state index in [0.29, 0.717) is 6.04 Å². The van der Waals surface area contributed by atoms with Crippen molar-refractivity contribution in [3.8, 4) is 0 Å². The van der Waals surface area contributed by atoms with Gasteiger partial charge in [-0.2, -0.15) is 10.2 Å². The van der Waals surface area contributed by atoms with Crippen LogP contribution in [0.25, 0.3) is 10.9 Å². The Kier molecular flexibility index (Phi) is 1.99. The average Bonchev–Trinajstić information content (AvgIpc) is 2.23. The Balaban J connectivity index is 2.01. The Morgan fingerprint density at radius 3 is 2.93 bits per heavy atom. The second-order valence-electron chi connectivity index (χ2n) is 3.77. The van der Waals surface area contributed by atoms with Gasteiger partial charge in [0, 0.05) is 18.5 Å². The SMILES string of the molecule is c1ccc2c(NC3CNC3)cnnc2c1. The van der Waals surface area contributed by atoms with Gasteiger partial charge in [-0.15, -0.1) is 0 Å². The lowest BCUT2D eigenvalue weighted by atomic mass is 10.1. The van der Waals surface area contributed by atoms with Crippen LogP contribution in [0, 0.1) is 0 Å². The molecule has 1 aliphatic heterocycles. The molecule has 0 atom stereocenters. The maximum absolute atomic E-state index is 4.09. The van der Waals surface area contributed by atoms with Crippen LogP contribution in [0.15, 0.2) is 30.5 Å². The molecule has 76 valence electrons. The van der Waals surface area contributed by atoms with Crippen molar-refractivity contribution < 1.29 is 0 Å². The smallest absolute Gasteiger partial charge is 0.0950 e. The molecule has 0 amide bonds. The van der Waals surface area contributed by atoms with Crippen molar-refractivity contribution in [1.29, 1.82) is 0 Å². The van der Waals surface area contributed by atoms with Gasteiger partial charge in [0.25, 0.3) is 0 Å². The van der Waals surface area contributed by atoms with E-state index in [0.717, 1.165) is 29.7 Å². The first kappa shape index (κ1) is 8.61. The van der Waals surface area contributed by atoms with Gasteiger partial charge in [0.15, 0.2) is 0 Å². The number of hydrogen-bond acceptors (Lipinski definition) is 4. The third-order valence-corrected chi connectivity index (χ3v) is 2.69. The van der Waals surface area contributed by atoms with Gasteiger partial charge in [0.2, 0.25) is 0 Å². The van der Waals surface area contributed by atoms with Gasteiger partial charge in [-0.1, -0.05) is 18.2 Å². The third-order valence-electron chi connectivity index (χ3n) is 2.69. The molecule has 1 fully saturated rings. The van der Waals surface area contributed by atoms with E-state index in [1.165, 1.54) is 0 Å². The molecule has 1 aromatic heterocycles. The number of anilines is 1. The molecular weight excluding hydrogens is 188 g/mol. The molecule has 1 aromatic carbocycles. The van der Waals surface area contributed by atoms with E-state index >= 15 is 0 Å². The summed E-state index contributed by atoms with van der Waals surface area (Å²) in [6.45, 7) is 2.05. The summed E-state index contributed by atoms with van der Waals surface area (Å²) in [6, 6.07) is 8.57. The normalized spacial score (nSPS) is 16.3. The van der Waals surface area contributed by atoms with Crippen LogP contribution in [0.4, 0.5) is 5.69 Å². The van der Waals surface area contributed by atoms with Crippen molar-refractivity contribution in [2.24, 2.45) is 0 Å². The maximum Gasteiger partial charge on any atom is 0.0950 e. The molecule has 4 nitrogen and oxygen atoms in total. The van der Waals surface area contributed by atoms with Crippen LogP contribution >= 0.6 is 0 Å². The van der Waals surface area contributed by atoms with Gasteiger partial charge in [-0.05, 0) is 6.07 Å². The van der Waals surface area contributed by atoms with Crippen LogP contribution < -0.4 is 10.6 Å². The number of nitrogens with zero attached hydrogens (tertiary/aromatic N) is 2. The van der Waals surface area contributed by atoms with Crippen LogP contribution in [0.3, 0.4) is 0 Å². The summed E-state index contributed by atoms with van der Waals surface area (Å²) in [7, 11) is 0. The van der Waals surface area contributed by atoms with Crippen molar-refractivity contribution in [3.05, 3.63) is 30.5 Å². The minimum atomic E-state index is 0.526. The highest BCUT2D eigenvalue weighted by molar-refractivity contribution is 5.90. The molecule has 0 bridgehead atoms. The zero-order chi connectivity index (χ0) is 10.1. The molecule has 0 spiro atoms. The molecule has 0 saturated carbocycles. The Labute approximate surface area is 87.7 Å². The second kappa shape index (κ2) is 3.47. The van der Waals surface area contributed by atoms with E-state index in [-0.39, 0.29) is 0 Å². The number of nitrogens with one attached hydrogen (secondary N) is 2. The Morgan fingerprint density at radius 1 is 1.27 bits per heavy atom. The van der Waals surface area contributed by atoms with Crippen molar-refractivity contribution in [3.63, 3.8) is 0 Å². The van der Waals surface area contributed by atoms with E-state index in [2.05, 4.69) is 26.9 Å². The Hall–Kier alpha value is -1.68. The predicted octanol–water partition coefficient (Wildman–Crippen LogP) is 1.01. The van der Waals surface area contributed by atoms with Crippen LogP contribution in [0.5, 0.6) is 0 Å². The summed E-state index contributed by atoms with van der Waals surface area (Å²) in [5.74, 6) is 0. The molecule has 3 rings (SSSR count). The van der Waals surface area contributed by atoms with E-state index in [9.17, 15) is 0 Å². The first-order valence-electron chi connectivity index (χ1n) is 5.11. The molecule has 15 heavy (non-hydrogen) atoms. The summed E-state index contributed by atoms with van der Waals surface area (Å²) in [5, 5.41) is 15.9. The molecule has 0 radical (unpaired) electrons. The quantitative estimate of drug-likeness (QED) is 0.759. The maximum atomic E-state index is 4.09. The van der Waals surface area contributed by atoms with Crippen molar-refractivity contribution in [2.75, 3.05) is 18.4 Å². The molecular formula is C11H12N4. The minimum Gasteiger partial charge on any atom is -0.378 e. The highest BCUT2D eigenvalue weighted by Crippen LogP contribution is 2.20. The fraction of sp³-hybridized carbons (Fsp3) is 0.273. The number of aromatic nitrogens is 2. The third kappa shape index (κ3) is 1.53. The molecule has 2 aromatic rings. The van der Waals surface area contributed by atoms with E-state index in [1.807, 2.05) is 18.2 Å². The van der Waals surface area contributed by atoms with Crippen molar-refractivity contribution in [2.45, 2.75) is 6.04 Å². The lowest BCUT2D eigenvalue weighted by Gasteiger charge is -2.29. The van der Waals surface area contributed by atoms with Gasteiger partial charge in [-0.25, -0.2) is 0 Å². The first-order valence-corrected chi connectivity index (χ1v) is 5.11. The molecule has 1 aliphatic rings. The van der Waals surface area contributed by atoms with Gasteiger partial charge in [0.1, 0.15) is 0 Å². The summed E-state index contributed by atoms with van der Waals surface area (Å²) in [5.41, 5.74) is 2.02. The highest BCUT2D eigenvalue weighted by Gasteiger charge is 2.16. The number of hydrogen-bond donors (Lipinski definition) is 2. The van der Waals surface area contributed by atoms with Crippen molar-refractivity contribution in [1.82, 2.24) is 15.5 Å². The lowest BCUT2D eigenvalue weighted by Crippen LogP contribution is -2.51. The highest BCUT2D eigenvalue weighted by atomic mass is 15.1. The zero-order valence-electron chi connectivity index (χ0n) is 8.27. The summed E-state index contributed by atoms with van der Waals surface area (Å²) in [4.78, 5) is 0. The largest absolute Gasteiger partial charge is 0.378 e. The average molecular weight is 200 g/mol. The topological polar surface area (TPSA) is 49.8 Å². The zero-order valence-corrected chi connectivity index (χ0v) is 8.27. The van der Waals surface area contributed by atoms with Crippen molar-refractivity contribution >= 4 is 16.6 Å². The molecule has 0 unspecified atom stereocenters. The van der Waals surface area contributed by atoms with E-state index < -0.39 is 0 Å². The lowest BCUT2D eigenvalue weighted by molar-refractivity contribution is 0.472. The standard InChI is InChI=1S/C11H12N4/c1-2-4-10-9(3-1)11(7-13-15-10)14-8-5-12-6-8/h1-4,7-8,12H,5-6H2,(H,14,15). The van der Waals surface area contributed by atoms with Gasteiger partial charge < -0.3 is 10.6 Å². The van der Waals surface area contributed by atoms with Gasteiger partial charge in [-0.3, -0.25) is 0 Å². The first-order chi connectivity index (χ1) is 7.43. The number of fused-ring (bicyclic) bond motifs is 1. The monoisotopic (exact) mass is 200 g/mol. The minimum absolute atomic E-state index is 0.526. The summed E-state index contributed by atoms with van der Waals surface area (Å²) in [6.07, 6.45) is 1.79. The van der Waals surface area contributed by atoms with E-state index in [4.69, 9.17) is 0 Å². The van der Waals surface area contributed by atoms with Gasteiger partial charge >= 0.3 is 0 Å². The molecule has 1 saturated heterocycles. The fourth-order valence-corrected chi connectivity index (χ4v) is 1.73. The molecule has 2 heterocycles. The van der Waals surface area contributed by atoms with Crippen LogP contribution in [0.2, 0.25) is 0 Å². The summed E-state index contributed by atoms with van der Waals surface area (Å²) < 4.78 is 0. The van der Waals surface area contributed by atoms with Crippen LogP contribution in [-0.2, 0) is 0 Å². The van der Waals surface area contributed by atoms with Gasteiger partial charge in [0.05, 0.1) is 23.4 Å².